The van der Waals surface area contributed by atoms with E-state index in [1.807, 2.05) is 16.8 Å². The predicted molar refractivity (Wildman–Crippen MR) is 104 cm³/mol. The van der Waals surface area contributed by atoms with Gasteiger partial charge in [0.25, 0.3) is 5.91 Å². The van der Waals surface area contributed by atoms with Crippen LogP contribution in [0.3, 0.4) is 0 Å². The van der Waals surface area contributed by atoms with E-state index in [0.717, 1.165) is 38.2 Å². The Kier molecular flexibility index (Phi) is 6.45. The van der Waals surface area contributed by atoms with Gasteiger partial charge in [0.15, 0.2) is 5.69 Å². The highest BCUT2D eigenvalue weighted by molar-refractivity contribution is 5.91. The zero-order valence-corrected chi connectivity index (χ0v) is 16.4. The molecule has 1 N–H and O–H groups in total. The lowest BCUT2D eigenvalue weighted by Crippen LogP contribution is -2.34. The molecule has 2 aromatic rings. The summed E-state index contributed by atoms with van der Waals surface area (Å²) in [5, 5.41) is 11.1. The first-order chi connectivity index (χ1) is 13.0. The van der Waals surface area contributed by atoms with Gasteiger partial charge in [0.1, 0.15) is 5.75 Å². The lowest BCUT2D eigenvalue weighted by molar-refractivity contribution is 0.0944. The molecule has 0 aliphatic carbocycles. The first kappa shape index (κ1) is 19.4. The summed E-state index contributed by atoms with van der Waals surface area (Å²) < 4.78 is 7.07. The maximum absolute atomic E-state index is 12.1. The van der Waals surface area contributed by atoms with Crippen LogP contribution in [-0.4, -0.2) is 52.5 Å². The predicted octanol–water partition coefficient (Wildman–Crippen LogP) is 2.51. The molecule has 146 valence electrons. The molecule has 1 saturated heterocycles. The fraction of sp³-hybridized carbons (Fsp3) is 0.550. The van der Waals surface area contributed by atoms with Gasteiger partial charge in [-0.15, -0.1) is 5.10 Å². The van der Waals surface area contributed by atoms with Crippen LogP contribution in [0.1, 0.15) is 48.8 Å². The SMILES string of the molecule is COc1ccc(CN2CCC(n3cc(C(=O)NCC(C)C)nn3)CC2)cc1. The summed E-state index contributed by atoms with van der Waals surface area (Å²) in [4.78, 5) is 14.6. The quantitative estimate of drug-likeness (QED) is 0.810. The highest BCUT2D eigenvalue weighted by Gasteiger charge is 2.22. The second-order valence-corrected chi connectivity index (χ2v) is 7.54. The molecule has 0 radical (unpaired) electrons. The van der Waals surface area contributed by atoms with Crippen molar-refractivity contribution in [2.24, 2.45) is 5.92 Å². The van der Waals surface area contributed by atoms with Crippen molar-refractivity contribution in [3.8, 4) is 5.75 Å². The molecule has 2 heterocycles. The van der Waals surface area contributed by atoms with E-state index in [0.29, 0.717) is 24.2 Å². The zero-order chi connectivity index (χ0) is 19.2. The molecular formula is C20H29N5O2. The van der Waals surface area contributed by atoms with Crippen LogP contribution in [0.2, 0.25) is 0 Å². The van der Waals surface area contributed by atoms with Crippen molar-refractivity contribution in [1.82, 2.24) is 25.2 Å². The molecule has 0 atom stereocenters. The maximum atomic E-state index is 12.1. The van der Waals surface area contributed by atoms with Gasteiger partial charge in [-0.2, -0.15) is 0 Å². The van der Waals surface area contributed by atoms with Gasteiger partial charge in [0, 0.05) is 26.2 Å². The molecule has 1 aliphatic heterocycles. The third kappa shape index (κ3) is 5.29. The number of benzene rings is 1. The number of amides is 1. The van der Waals surface area contributed by atoms with Crippen LogP contribution in [0, 0.1) is 5.92 Å². The molecule has 3 rings (SSSR count). The number of carbonyl (C=O) groups is 1. The molecule has 1 fully saturated rings. The second kappa shape index (κ2) is 8.99. The highest BCUT2D eigenvalue weighted by atomic mass is 16.5. The molecule has 7 nitrogen and oxygen atoms in total. The Morgan fingerprint density at radius 3 is 2.59 bits per heavy atom. The first-order valence-electron chi connectivity index (χ1n) is 9.60. The number of ether oxygens (including phenoxy) is 1. The highest BCUT2D eigenvalue weighted by Crippen LogP contribution is 2.23. The summed E-state index contributed by atoms with van der Waals surface area (Å²) in [6.07, 6.45) is 3.79. The molecule has 7 heteroatoms. The van der Waals surface area contributed by atoms with Gasteiger partial charge in [-0.05, 0) is 36.5 Å². The standard InChI is InChI=1S/C20H29N5O2/c1-15(2)12-21-20(26)19-14-25(23-22-19)17-8-10-24(11-9-17)13-16-4-6-18(27-3)7-5-16/h4-7,14-15,17H,8-13H2,1-3H3,(H,21,26). The van der Waals surface area contributed by atoms with E-state index in [9.17, 15) is 4.79 Å². The first-order valence-corrected chi connectivity index (χ1v) is 9.60. The number of nitrogens with one attached hydrogen (secondary N) is 1. The fourth-order valence-electron chi connectivity index (χ4n) is 3.28. The lowest BCUT2D eigenvalue weighted by atomic mass is 10.0. The molecule has 0 saturated carbocycles. The van der Waals surface area contributed by atoms with Gasteiger partial charge >= 0.3 is 0 Å². The average Bonchev–Trinajstić information content (AvgIpc) is 3.17. The van der Waals surface area contributed by atoms with E-state index in [4.69, 9.17) is 4.74 Å². The smallest absolute Gasteiger partial charge is 0.273 e. The van der Waals surface area contributed by atoms with Crippen molar-refractivity contribution in [1.29, 1.82) is 0 Å². The monoisotopic (exact) mass is 371 g/mol. The summed E-state index contributed by atoms with van der Waals surface area (Å²) in [7, 11) is 1.68. The summed E-state index contributed by atoms with van der Waals surface area (Å²) in [6.45, 7) is 7.73. The molecule has 0 unspecified atom stereocenters. The molecule has 27 heavy (non-hydrogen) atoms. The van der Waals surface area contributed by atoms with Gasteiger partial charge < -0.3 is 10.1 Å². The molecule has 0 bridgehead atoms. The number of rotatable bonds is 7. The molecule has 1 aliphatic rings. The Hall–Kier alpha value is -2.41. The third-order valence-electron chi connectivity index (χ3n) is 4.91. The van der Waals surface area contributed by atoms with Crippen LogP contribution in [0.25, 0.3) is 0 Å². The largest absolute Gasteiger partial charge is 0.497 e. The Bertz CT molecular complexity index is 733. The van der Waals surface area contributed by atoms with Crippen molar-refractivity contribution in [3.05, 3.63) is 41.7 Å². The van der Waals surface area contributed by atoms with Gasteiger partial charge in [-0.3, -0.25) is 9.69 Å². The van der Waals surface area contributed by atoms with Crippen LogP contribution in [-0.2, 0) is 6.54 Å². The van der Waals surface area contributed by atoms with Crippen molar-refractivity contribution in [2.45, 2.75) is 39.3 Å². The number of piperidine rings is 1. The van der Waals surface area contributed by atoms with Crippen molar-refractivity contribution < 1.29 is 9.53 Å². The number of likely N-dealkylation sites (tertiary alicyclic amines) is 1. The number of hydrogen-bond donors (Lipinski definition) is 1. The van der Waals surface area contributed by atoms with E-state index in [1.165, 1.54) is 5.56 Å². The molecule has 1 amide bonds. The van der Waals surface area contributed by atoms with Crippen LogP contribution in [0.5, 0.6) is 5.75 Å². The van der Waals surface area contributed by atoms with Gasteiger partial charge in [-0.1, -0.05) is 31.2 Å². The molecule has 1 aromatic heterocycles. The molecular weight excluding hydrogens is 342 g/mol. The topological polar surface area (TPSA) is 72.3 Å². The van der Waals surface area contributed by atoms with Gasteiger partial charge in [-0.25, -0.2) is 4.68 Å². The van der Waals surface area contributed by atoms with Crippen molar-refractivity contribution >= 4 is 5.91 Å². The number of nitrogens with zero attached hydrogens (tertiary/aromatic N) is 4. The van der Waals surface area contributed by atoms with Crippen LogP contribution in [0.4, 0.5) is 0 Å². The number of hydrogen-bond acceptors (Lipinski definition) is 5. The van der Waals surface area contributed by atoms with Crippen LogP contribution in [0.15, 0.2) is 30.5 Å². The van der Waals surface area contributed by atoms with E-state index in [-0.39, 0.29) is 5.91 Å². The Morgan fingerprint density at radius 2 is 1.96 bits per heavy atom. The van der Waals surface area contributed by atoms with Crippen molar-refractivity contribution in [2.75, 3.05) is 26.7 Å². The molecule has 1 aromatic carbocycles. The Balaban J connectivity index is 1.49. The zero-order valence-electron chi connectivity index (χ0n) is 16.4. The fourth-order valence-corrected chi connectivity index (χ4v) is 3.28. The Labute approximate surface area is 160 Å². The summed E-state index contributed by atoms with van der Waals surface area (Å²) in [5.41, 5.74) is 1.69. The maximum Gasteiger partial charge on any atom is 0.273 e. The van der Waals surface area contributed by atoms with Crippen molar-refractivity contribution in [3.63, 3.8) is 0 Å². The minimum Gasteiger partial charge on any atom is -0.497 e. The Morgan fingerprint density at radius 1 is 1.26 bits per heavy atom. The van der Waals surface area contributed by atoms with E-state index >= 15 is 0 Å². The van der Waals surface area contributed by atoms with E-state index in [1.54, 1.807) is 13.3 Å². The summed E-state index contributed by atoms with van der Waals surface area (Å²) >= 11 is 0. The number of methoxy groups -OCH3 is 1. The number of carbonyl (C=O) groups excluding carboxylic acids is 1. The second-order valence-electron chi connectivity index (χ2n) is 7.54. The van der Waals surface area contributed by atoms with Crippen LogP contribution >= 0.6 is 0 Å². The normalized spacial score (nSPS) is 15.9. The van der Waals surface area contributed by atoms with Gasteiger partial charge in [0.2, 0.25) is 0 Å². The summed E-state index contributed by atoms with van der Waals surface area (Å²) in [6, 6.07) is 8.54. The summed E-state index contributed by atoms with van der Waals surface area (Å²) in [5.74, 6) is 1.16. The average molecular weight is 371 g/mol. The van der Waals surface area contributed by atoms with Crippen LogP contribution < -0.4 is 10.1 Å². The van der Waals surface area contributed by atoms with E-state index in [2.05, 4.69) is 46.5 Å². The third-order valence-corrected chi connectivity index (χ3v) is 4.91. The minimum atomic E-state index is -0.146. The minimum absolute atomic E-state index is 0.146. The number of aromatic nitrogens is 3. The van der Waals surface area contributed by atoms with E-state index < -0.39 is 0 Å². The molecule has 0 spiro atoms. The van der Waals surface area contributed by atoms with Gasteiger partial charge in [0.05, 0.1) is 19.3 Å². The lowest BCUT2D eigenvalue weighted by Gasteiger charge is -2.31.